The molecule has 1 amide bonds. The molecular weight excluding hydrogens is 366 g/mol. The number of benzene rings is 2. The molecule has 26 heavy (non-hydrogen) atoms. The highest BCUT2D eigenvalue weighted by atomic mass is 35.5. The molecule has 1 fully saturated rings. The van der Waals surface area contributed by atoms with E-state index in [0.717, 1.165) is 42.7 Å². The Balaban J connectivity index is 1.49. The van der Waals surface area contributed by atoms with Gasteiger partial charge in [0.1, 0.15) is 0 Å². The highest BCUT2D eigenvalue weighted by Gasteiger charge is 2.24. The van der Waals surface area contributed by atoms with E-state index in [9.17, 15) is 4.79 Å². The average Bonchev–Trinajstić information content (AvgIpc) is 2.65. The minimum atomic E-state index is 0.0937. The Morgan fingerprint density at radius 2 is 1.85 bits per heavy atom. The third-order valence-corrected chi connectivity index (χ3v) is 5.04. The molecule has 2 aromatic carbocycles. The van der Waals surface area contributed by atoms with Crippen LogP contribution in [0.4, 0.5) is 5.69 Å². The third-order valence-electron chi connectivity index (χ3n) is 4.51. The summed E-state index contributed by atoms with van der Waals surface area (Å²) in [4.78, 5) is 14.4. The zero-order valence-corrected chi connectivity index (χ0v) is 16.2. The number of piperidine rings is 1. The molecule has 136 valence electrons. The quantitative estimate of drug-likeness (QED) is 0.773. The fraction of sp³-hybridized carbons (Fsp3) is 0.300. The van der Waals surface area contributed by atoms with Crippen LogP contribution in [0.2, 0.25) is 5.02 Å². The van der Waals surface area contributed by atoms with Gasteiger partial charge in [0.2, 0.25) is 0 Å². The van der Waals surface area contributed by atoms with E-state index in [1.807, 2.05) is 60.4 Å². The van der Waals surface area contributed by atoms with E-state index in [0.29, 0.717) is 10.1 Å². The number of nitrogens with zero attached hydrogens (tertiary/aromatic N) is 1. The summed E-state index contributed by atoms with van der Waals surface area (Å²) >= 11 is 11.6. The molecule has 2 aromatic rings. The van der Waals surface area contributed by atoms with Gasteiger partial charge in [-0.2, -0.15) is 0 Å². The molecule has 1 aliphatic rings. The van der Waals surface area contributed by atoms with Crippen LogP contribution in [0, 0.1) is 6.92 Å². The molecule has 3 rings (SSSR count). The molecule has 1 heterocycles. The average molecular weight is 388 g/mol. The largest absolute Gasteiger partial charge is 0.360 e. The second-order valence-corrected chi connectivity index (χ2v) is 7.33. The summed E-state index contributed by atoms with van der Waals surface area (Å²) in [5, 5.41) is 7.69. The van der Waals surface area contributed by atoms with E-state index >= 15 is 0 Å². The van der Waals surface area contributed by atoms with Crippen molar-refractivity contribution in [2.75, 3.05) is 18.4 Å². The smallest absolute Gasteiger partial charge is 0.253 e. The first-order valence-corrected chi connectivity index (χ1v) is 9.49. The molecule has 1 aliphatic heterocycles. The highest BCUT2D eigenvalue weighted by Crippen LogP contribution is 2.23. The van der Waals surface area contributed by atoms with Crippen LogP contribution < -0.4 is 10.6 Å². The molecule has 6 heteroatoms. The van der Waals surface area contributed by atoms with Gasteiger partial charge < -0.3 is 15.5 Å². The number of hydrogen-bond donors (Lipinski definition) is 2. The van der Waals surface area contributed by atoms with Gasteiger partial charge in [-0.25, -0.2) is 0 Å². The van der Waals surface area contributed by atoms with Crippen molar-refractivity contribution in [3.63, 3.8) is 0 Å². The summed E-state index contributed by atoms with van der Waals surface area (Å²) in [5.74, 6) is 0.0937. The third kappa shape index (κ3) is 4.74. The molecule has 0 unspecified atom stereocenters. The maximum atomic E-state index is 12.5. The molecule has 0 radical (unpaired) electrons. The first-order valence-electron chi connectivity index (χ1n) is 8.71. The second kappa shape index (κ2) is 8.52. The number of aryl methyl sites for hydroxylation is 1. The van der Waals surface area contributed by atoms with Gasteiger partial charge >= 0.3 is 0 Å². The Morgan fingerprint density at radius 3 is 2.50 bits per heavy atom. The van der Waals surface area contributed by atoms with E-state index in [1.165, 1.54) is 0 Å². The van der Waals surface area contributed by atoms with Crippen molar-refractivity contribution in [3.05, 3.63) is 64.7 Å². The second-order valence-electron chi connectivity index (χ2n) is 6.51. The summed E-state index contributed by atoms with van der Waals surface area (Å²) in [6, 6.07) is 15.5. The van der Waals surface area contributed by atoms with Gasteiger partial charge in [0.05, 0.1) is 10.7 Å². The monoisotopic (exact) mass is 387 g/mol. The topological polar surface area (TPSA) is 44.4 Å². The summed E-state index contributed by atoms with van der Waals surface area (Å²) in [7, 11) is 0. The number of carbonyl (C=O) groups is 1. The van der Waals surface area contributed by atoms with Gasteiger partial charge in [0.15, 0.2) is 5.11 Å². The summed E-state index contributed by atoms with van der Waals surface area (Å²) in [6.07, 6.45) is 1.73. The zero-order chi connectivity index (χ0) is 18.5. The number of anilines is 1. The lowest BCUT2D eigenvalue weighted by atomic mass is 10.0. The first kappa shape index (κ1) is 18.7. The van der Waals surface area contributed by atoms with E-state index in [4.69, 9.17) is 23.8 Å². The number of hydrogen-bond acceptors (Lipinski definition) is 2. The number of carbonyl (C=O) groups excluding carboxylic acids is 1. The SMILES string of the molecule is Cc1ccc(NC(=S)NC2CCN(C(=O)c3ccccc3)CC2)c(Cl)c1. The molecule has 4 nitrogen and oxygen atoms in total. The zero-order valence-electron chi connectivity index (χ0n) is 14.7. The summed E-state index contributed by atoms with van der Waals surface area (Å²) in [6.45, 7) is 3.44. The molecule has 1 saturated heterocycles. The molecule has 0 saturated carbocycles. The van der Waals surface area contributed by atoms with Crippen molar-refractivity contribution in [1.29, 1.82) is 0 Å². The molecule has 0 bridgehead atoms. The first-order chi connectivity index (χ1) is 12.5. The lowest BCUT2D eigenvalue weighted by molar-refractivity contribution is 0.0710. The normalized spacial score (nSPS) is 14.8. The van der Waals surface area contributed by atoms with Crippen LogP contribution in [0.25, 0.3) is 0 Å². The Labute approximate surface area is 164 Å². The van der Waals surface area contributed by atoms with Crippen LogP contribution in [0.5, 0.6) is 0 Å². The lowest BCUT2D eigenvalue weighted by Gasteiger charge is -2.33. The van der Waals surface area contributed by atoms with Crippen LogP contribution in [-0.4, -0.2) is 35.1 Å². The maximum Gasteiger partial charge on any atom is 0.253 e. The number of rotatable bonds is 3. The lowest BCUT2D eigenvalue weighted by Crippen LogP contribution is -2.47. The molecule has 2 N–H and O–H groups in total. The van der Waals surface area contributed by atoms with Gasteiger partial charge in [-0.3, -0.25) is 4.79 Å². The molecule has 0 atom stereocenters. The predicted octanol–water partition coefficient (Wildman–Crippen LogP) is 4.24. The standard InChI is InChI=1S/C20H22ClN3OS/c1-14-7-8-18(17(21)13-14)23-20(26)22-16-9-11-24(12-10-16)19(25)15-5-3-2-4-6-15/h2-8,13,16H,9-12H2,1H3,(H2,22,23,26). The van der Waals surface area contributed by atoms with Crippen LogP contribution in [0.1, 0.15) is 28.8 Å². The highest BCUT2D eigenvalue weighted by molar-refractivity contribution is 7.80. The van der Waals surface area contributed by atoms with Crippen molar-refractivity contribution in [3.8, 4) is 0 Å². The van der Waals surface area contributed by atoms with E-state index < -0.39 is 0 Å². The summed E-state index contributed by atoms with van der Waals surface area (Å²) < 4.78 is 0. The fourth-order valence-electron chi connectivity index (χ4n) is 3.06. The number of likely N-dealkylation sites (tertiary alicyclic amines) is 1. The Hall–Kier alpha value is -2.11. The fourth-order valence-corrected chi connectivity index (χ4v) is 3.61. The van der Waals surface area contributed by atoms with Crippen molar-refractivity contribution >= 4 is 40.5 Å². The Bertz CT molecular complexity index is 789. The van der Waals surface area contributed by atoms with Crippen molar-refractivity contribution in [2.24, 2.45) is 0 Å². The summed E-state index contributed by atoms with van der Waals surface area (Å²) in [5.41, 5.74) is 2.64. The van der Waals surface area contributed by atoms with Crippen LogP contribution in [0.15, 0.2) is 48.5 Å². The van der Waals surface area contributed by atoms with Gasteiger partial charge in [0, 0.05) is 24.7 Å². The predicted molar refractivity (Wildman–Crippen MR) is 111 cm³/mol. The minimum absolute atomic E-state index is 0.0937. The van der Waals surface area contributed by atoms with Gasteiger partial charge in [-0.15, -0.1) is 0 Å². The maximum absolute atomic E-state index is 12.5. The number of nitrogens with one attached hydrogen (secondary N) is 2. The molecule has 0 aromatic heterocycles. The van der Waals surface area contributed by atoms with Gasteiger partial charge in [0.25, 0.3) is 5.91 Å². The van der Waals surface area contributed by atoms with E-state index in [-0.39, 0.29) is 11.9 Å². The number of amides is 1. The van der Waals surface area contributed by atoms with Crippen LogP contribution in [0.3, 0.4) is 0 Å². The number of halogens is 1. The van der Waals surface area contributed by atoms with Crippen LogP contribution >= 0.6 is 23.8 Å². The van der Waals surface area contributed by atoms with Gasteiger partial charge in [-0.1, -0.05) is 35.9 Å². The van der Waals surface area contributed by atoms with Crippen LogP contribution in [-0.2, 0) is 0 Å². The molecule has 0 spiro atoms. The van der Waals surface area contributed by atoms with E-state index in [2.05, 4.69) is 10.6 Å². The van der Waals surface area contributed by atoms with E-state index in [1.54, 1.807) is 0 Å². The van der Waals surface area contributed by atoms with Crippen molar-refractivity contribution in [1.82, 2.24) is 10.2 Å². The number of thiocarbonyl (C=S) groups is 1. The van der Waals surface area contributed by atoms with Crippen molar-refractivity contribution in [2.45, 2.75) is 25.8 Å². The molecular formula is C20H22ClN3OS. The van der Waals surface area contributed by atoms with Crippen molar-refractivity contribution < 1.29 is 4.79 Å². The van der Waals surface area contributed by atoms with Gasteiger partial charge in [-0.05, 0) is 61.8 Å². The Morgan fingerprint density at radius 1 is 1.15 bits per heavy atom. The molecule has 0 aliphatic carbocycles. The Kier molecular flexibility index (Phi) is 6.12. The minimum Gasteiger partial charge on any atom is -0.360 e.